The molecule has 2 aliphatic rings. The minimum atomic E-state index is 0.617. The quantitative estimate of drug-likeness (QED) is 0.690. The average Bonchev–Trinajstić information content (AvgIpc) is 3.05. The number of aromatic nitrogens is 1. The molecule has 0 N–H and O–H groups in total. The summed E-state index contributed by atoms with van der Waals surface area (Å²) in [6, 6.07) is 11.4. The van der Waals surface area contributed by atoms with Gasteiger partial charge in [-0.2, -0.15) is 0 Å². The van der Waals surface area contributed by atoms with E-state index in [2.05, 4.69) is 55.1 Å². The van der Waals surface area contributed by atoms with Crippen molar-refractivity contribution in [2.24, 2.45) is 12.5 Å². The first-order valence-corrected chi connectivity index (χ1v) is 8.24. The van der Waals surface area contributed by atoms with E-state index in [0.29, 0.717) is 5.41 Å². The molecule has 0 atom stereocenters. The van der Waals surface area contributed by atoms with Gasteiger partial charge in [0.15, 0.2) is 6.20 Å². The van der Waals surface area contributed by atoms with Crippen molar-refractivity contribution in [3.63, 3.8) is 0 Å². The Morgan fingerprint density at radius 1 is 1.00 bits per heavy atom. The molecule has 0 amide bonds. The van der Waals surface area contributed by atoms with Gasteiger partial charge in [-0.05, 0) is 66.8 Å². The standard InChI is InChI=1S/C20H24N/c1-15-11-16-13-20(8-4-5-9-20)14-17(16)12-18(15)19-7-3-6-10-21(19)2/h3,6-7,10-12H,4-5,8-9,13-14H2,1-2H3/q+1. The second-order valence-electron chi connectivity index (χ2n) is 7.19. The van der Waals surface area contributed by atoms with Crippen LogP contribution >= 0.6 is 0 Å². The van der Waals surface area contributed by atoms with Crippen LogP contribution < -0.4 is 4.57 Å². The zero-order chi connectivity index (χ0) is 14.4. The van der Waals surface area contributed by atoms with E-state index in [9.17, 15) is 0 Å². The Bertz CT molecular complexity index is 693. The molecule has 0 bridgehead atoms. The Hall–Kier alpha value is -1.63. The van der Waals surface area contributed by atoms with Gasteiger partial charge in [0.2, 0.25) is 5.69 Å². The lowest BCUT2D eigenvalue weighted by atomic mass is 9.83. The molecule has 0 radical (unpaired) electrons. The van der Waals surface area contributed by atoms with Gasteiger partial charge in [-0.1, -0.05) is 18.9 Å². The summed E-state index contributed by atoms with van der Waals surface area (Å²) in [6.07, 6.45) is 10.5. The van der Waals surface area contributed by atoms with Gasteiger partial charge in [0.25, 0.3) is 0 Å². The van der Waals surface area contributed by atoms with Crippen LogP contribution in [0.3, 0.4) is 0 Å². The van der Waals surface area contributed by atoms with Crippen molar-refractivity contribution in [1.82, 2.24) is 0 Å². The van der Waals surface area contributed by atoms with Crippen LogP contribution in [0.4, 0.5) is 0 Å². The van der Waals surface area contributed by atoms with E-state index < -0.39 is 0 Å². The lowest BCUT2D eigenvalue weighted by Gasteiger charge is -2.21. The molecule has 4 rings (SSSR count). The van der Waals surface area contributed by atoms with Gasteiger partial charge in [0, 0.05) is 17.7 Å². The number of aryl methyl sites for hydroxylation is 2. The molecule has 0 aliphatic heterocycles. The molecule has 1 spiro atoms. The largest absolute Gasteiger partial charge is 0.212 e. The van der Waals surface area contributed by atoms with Gasteiger partial charge >= 0.3 is 0 Å². The van der Waals surface area contributed by atoms with Crippen molar-refractivity contribution in [3.05, 3.63) is 53.2 Å². The van der Waals surface area contributed by atoms with Crippen molar-refractivity contribution in [2.45, 2.75) is 45.4 Å². The fraction of sp³-hybridized carbons (Fsp3) is 0.450. The average molecular weight is 278 g/mol. The number of nitrogens with zero attached hydrogens (tertiary/aromatic N) is 1. The SMILES string of the molecule is Cc1cc2c(cc1-c1cccc[n+]1C)CC1(CCCC1)C2. The van der Waals surface area contributed by atoms with E-state index in [1.54, 1.807) is 11.1 Å². The summed E-state index contributed by atoms with van der Waals surface area (Å²) in [6.45, 7) is 2.27. The van der Waals surface area contributed by atoms with Crippen molar-refractivity contribution >= 4 is 0 Å². The third kappa shape index (κ3) is 2.10. The highest BCUT2D eigenvalue weighted by Crippen LogP contribution is 2.49. The molecular weight excluding hydrogens is 254 g/mol. The van der Waals surface area contributed by atoms with E-state index in [1.165, 1.54) is 55.3 Å². The zero-order valence-corrected chi connectivity index (χ0v) is 13.2. The third-order valence-electron chi connectivity index (χ3n) is 5.67. The number of hydrogen-bond donors (Lipinski definition) is 0. The van der Waals surface area contributed by atoms with E-state index >= 15 is 0 Å². The van der Waals surface area contributed by atoms with Crippen LogP contribution in [-0.4, -0.2) is 0 Å². The minimum Gasteiger partial charge on any atom is -0.201 e. The van der Waals surface area contributed by atoms with Crippen molar-refractivity contribution in [2.75, 3.05) is 0 Å². The molecule has 1 aromatic carbocycles. The topological polar surface area (TPSA) is 3.88 Å². The van der Waals surface area contributed by atoms with E-state index in [0.717, 1.165) is 0 Å². The van der Waals surface area contributed by atoms with Crippen molar-refractivity contribution in [1.29, 1.82) is 0 Å². The molecule has 1 saturated carbocycles. The van der Waals surface area contributed by atoms with Crippen LogP contribution in [0.25, 0.3) is 11.3 Å². The van der Waals surface area contributed by atoms with Gasteiger partial charge in [-0.3, -0.25) is 0 Å². The maximum absolute atomic E-state index is 2.48. The van der Waals surface area contributed by atoms with Crippen LogP contribution in [-0.2, 0) is 19.9 Å². The molecule has 2 aliphatic carbocycles. The second kappa shape index (κ2) is 4.69. The fourth-order valence-corrected chi connectivity index (χ4v) is 4.57. The highest BCUT2D eigenvalue weighted by atomic mass is 14.9. The third-order valence-corrected chi connectivity index (χ3v) is 5.67. The van der Waals surface area contributed by atoms with Gasteiger partial charge in [0.1, 0.15) is 7.05 Å². The van der Waals surface area contributed by atoms with Crippen LogP contribution in [0.1, 0.15) is 42.4 Å². The Morgan fingerprint density at radius 3 is 2.43 bits per heavy atom. The lowest BCUT2D eigenvalue weighted by molar-refractivity contribution is -0.660. The maximum atomic E-state index is 2.48. The summed E-state index contributed by atoms with van der Waals surface area (Å²) in [5, 5.41) is 0. The normalized spacial score (nSPS) is 19.1. The van der Waals surface area contributed by atoms with Gasteiger partial charge < -0.3 is 0 Å². The molecule has 1 nitrogen and oxygen atoms in total. The highest BCUT2D eigenvalue weighted by Gasteiger charge is 2.39. The summed E-state index contributed by atoms with van der Waals surface area (Å²) in [5.41, 5.74) is 8.01. The first-order chi connectivity index (χ1) is 10.2. The zero-order valence-electron chi connectivity index (χ0n) is 13.2. The Kier molecular flexibility index (Phi) is 2.92. The summed E-state index contributed by atoms with van der Waals surface area (Å²) >= 11 is 0. The Labute approximate surface area is 127 Å². The maximum Gasteiger partial charge on any atom is 0.212 e. The molecule has 1 heterocycles. The van der Waals surface area contributed by atoms with Crippen LogP contribution in [0, 0.1) is 12.3 Å². The number of hydrogen-bond acceptors (Lipinski definition) is 0. The highest BCUT2D eigenvalue weighted by molar-refractivity contribution is 5.64. The summed E-state index contributed by atoms with van der Waals surface area (Å²) in [4.78, 5) is 0. The smallest absolute Gasteiger partial charge is 0.201 e. The minimum absolute atomic E-state index is 0.617. The number of rotatable bonds is 1. The fourth-order valence-electron chi connectivity index (χ4n) is 4.57. The van der Waals surface area contributed by atoms with Gasteiger partial charge in [-0.25, -0.2) is 4.57 Å². The molecule has 0 unspecified atom stereocenters. The van der Waals surface area contributed by atoms with Crippen LogP contribution in [0.5, 0.6) is 0 Å². The summed E-state index contributed by atoms with van der Waals surface area (Å²) < 4.78 is 2.23. The molecule has 1 fully saturated rings. The number of pyridine rings is 1. The van der Waals surface area contributed by atoms with Gasteiger partial charge in [0.05, 0.1) is 0 Å². The molecule has 2 aromatic rings. The Balaban J connectivity index is 1.78. The van der Waals surface area contributed by atoms with E-state index in [-0.39, 0.29) is 0 Å². The lowest BCUT2D eigenvalue weighted by Crippen LogP contribution is -2.30. The van der Waals surface area contributed by atoms with E-state index in [4.69, 9.17) is 0 Å². The van der Waals surface area contributed by atoms with Crippen molar-refractivity contribution in [3.8, 4) is 11.3 Å². The Morgan fingerprint density at radius 2 is 1.71 bits per heavy atom. The molecular formula is C20H24N+. The van der Waals surface area contributed by atoms with Crippen LogP contribution in [0.2, 0.25) is 0 Å². The first-order valence-electron chi connectivity index (χ1n) is 8.24. The van der Waals surface area contributed by atoms with Gasteiger partial charge in [-0.15, -0.1) is 0 Å². The number of benzene rings is 1. The molecule has 108 valence electrons. The molecule has 0 saturated heterocycles. The van der Waals surface area contributed by atoms with E-state index in [1.807, 2.05) is 0 Å². The molecule has 21 heavy (non-hydrogen) atoms. The monoisotopic (exact) mass is 278 g/mol. The first kappa shape index (κ1) is 13.1. The molecule has 1 heteroatoms. The predicted molar refractivity (Wildman–Crippen MR) is 86.1 cm³/mol. The second-order valence-corrected chi connectivity index (χ2v) is 7.19. The van der Waals surface area contributed by atoms with Crippen LogP contribution in [0.15, 0.2) is 36.5 Å². The van der Waals surface area contributed by atoms with Crippen molar-refractivity contribution < 1.29 is 4.57 Å². The molecule has 1 aromatic heterocycles. The number of fused-ring (bicyclic) bond motifs is 1. The predicted octanol–water partition coefficient (Wildman–Crippen LogP) is 4.15. The summed E-state index contributed by atoms with van der Waals surface area (Å²) in [7, 11) is 2.14. The summed E-state index contributed by atoms with van der Waals surface area (Å²) in [5.74, 6) is 0.